The first kappa shape index (κ1) is 14.3. The summed E-state index contributed by atoms with van der Waals surface area (Å²) >= 11 is 0. The van der Waals surface area contributed by atoms with Gasteiger partial charge in [0.15, 0.2) is 0 Å². The van der Waals surface area contributed by atoms with Gasteiger partial charge in [0.05, 0.1) is 19.1 Å². The molecule has 0 aliphatic carbocycles. The highest BCUT2D eigenvalue weighted by molar-refractivity contribution is 5.79. The van der Waals surface area contributed by atoms with Gasteiger partial charge in [-0.2, -0.15) is 0 Å². The fourth-order valence-electron chi connectivity index (χ4n) is 1.35. The van der Waals surface area contributed by atoms with E-state index in [1.165, 1.54) is 0 Å². The molecule has 0 heterocycles. The van der Waals surface area contributed by atoms with Crippen LogP contribution < -0.4 is 5.73 Å². The van der Waals surface area contributed by atoms with Gasteiger partial charge in [0.2, 0.25) is 5.91 Å². The molecule has 5 heteroatoms. The number of hydrogen-bond donors (Lipinski definition) is 2. The second kappa shape index (κ2) is 8.64. The molecule has 1 unspecified atom stereocenters. The van der Waals surface area contributed by atoms with Gasteiger partial charge in [-0.1, -0.05) is 6.92 Å². The Morgan fingerprint density at radius 2 is 2.20 bits per heavy atom. The first-order chi connectivity index (χ1) is 7.21. The van der Waals surface area contributed by atoms with Crippen LogP contribution in [0.4, 0.5) is 0 Å². The van der Waals surface area contributed by atoms with Crippen molar-refractivity contribution in [2.75, 3.05) is 40.0 Å². The van der Waals surface area contributed by atoms with E-state index in [-0.39, 0.29) is 18.4 Å². The molecule has 0 fully saturated rings. The third-order valence-corrected chi connectivity index (χ3v) is 2.37. The molecule has 0 radical (unpaired) electrons. The molecule has 0 saturated carbocycles. The van der Waals surface area contributed by atoms with Crippen LogP contribution in [0.5, 0.6) is 0 Å². The number of methoxy groups -OCH3 is 1. The zero-order chi connectivity index (χ0) is 11.7. The largest absolute Gasteiger partial charge is 0.395 e. The van der Waals surface area contributed by atoms with Gasteiger partial charge >= 0.3 is 0 Å². The van der Waals surface area contributed by atoms with Crippen LogP contribution in [0, 0.1) is 5.92 Å². The van der Waals surface area contributed by atoms with Crippen molar-refractivity contribution in [2.45, 2.75) is 13.3 Å². The minimum absolute atomic E-state index is 0.00565. The maximum atomic E-state index is 11.9. The van der Waals surface area contributed by atoms with Crippen molar-refractivity contribution in [3.63, 3.8) is 0 Å². The molecule has 0 spiro atoms. The Balaban J connectivity index is 4.24. The first-order valence-electron chi connectivity index (χ1n) is 5.29. The summed E-state index contributed by atoms with van der Waals surface area (Å²) in [5.74, 6) is -0.139. The highest BCUT2D eigenvalue weighted by atomic mass is 16.5. The summed E-state index contributed by atoms with van der Waals surface area (Å²) < 4.78 is 4.91. The maximum Gasteiger partial charge on any atom is 0.227 e. The summed E-state index contributed by atoms with van der Waals surface area (Å²) in [7, 11) is 1.59. The van der Waals surface area contributed by atoms with Crippen molar-refractivity contribution >= 4 is 5.91 Å². The molecule has 1 atom stereocenters. The molecule has 15 heavy (non-hydrogen) atoms. The Bertz CT molecular complexity index is 172. The second-order valence-electron chi connectivity index (χ2n) is 3.38. The lowest BCUT2D eigenvalue weighted by atomic mass is 10.1. The predicted octanol–water partition coefficient (Wildman–Crippen LogP) is -0.561. The van der Waals surface area contributed by atoms with Crippen molar-refractivity contribution in [1.29, 1.82) is 0 Å². The van der Waals surface area contributed by atoms with Gasteiger partial charge in [-0.3, -0.25) is 4.79 Å². The number of hydrogen-bond acceptors (Lipinski definition) is 4. The molecule has 0 saturated heterocycles. The monoisotopic (exact) mass is 218 g/mol. The average Bonchev–Trinajstić information content (AvgIpc) is 2.25. The number of amides is 1. The lowest BCUT2D eigenvalue weighted by Crippen LogP contribution is -2.42. The van der Waals surface area contributed by atoms with Crippen LogP contribution in [-0.4, -0.2) is 55.9 Å². The third kappa shape index (κ3) is 5.11. The predicted molar refractivity (Wildman–Crippen MR) is 58.4 cm³/mol. The number of nitrogens with zero attached hydrogens (tertiary/aromatic N) is 1. The number of carbonyl (C=O) groups is 1. The van der Waals surface area contributed by atoms with Gasteiger partial charge in [0, 0.05) is 26.7 Å². The molecular formula is C10H22N2O3. The van der Waals surface area contributed by atoms with Gasteiger partial charge in [0.25, 0.3) is 0 Å². The van der Waals surface area contributed by atoms with E-state index in [4.69, 9.17) is 15.6 Å². The topological polar surface area (TPSA) is 75.8 Å². The van der Waals surface area contributed by atoms with Crippen LogP contribution in [0.3, 0.4) is 0 Å². The van der Waals surface area contributed by atoms with Gasteiger partial charge in [-0.25, -0.2) is 0 Å². The molecule has 5 nitrogen and oxygen atoms in total. The minimum atomic E-state index is -0.145. The van der Waals surface area contributed by atoms with Crippen molar-refractivity contribution in [1.82, 2.24) is 4.90 Å². The van der Waals surface area contributed by atoms with E-state index in [0.29, 0.717) is 26.2 Å². The van der Waals surface area contributed by atoms with E-state index >= 15 is 0 Å². The molecule has 0 bridgehead atoms. The Morgan fingerprint density at radius 1 is 1.53 bits per heavy atom. The number of carbonyl (C=O) groups excluding carboxylic acids is 1. The molecule has 0 aromatic rings. The summed E-state index contributed by atoms with van der Waals surface area (Å²) in [4.78, 5) is 13.5. The lowest BCUT2D eigenvalue weighted by molar-refractivity contribution is -0.136. The van der Waals surface area contributed by atoms with Crippen molar-refractivity contribution < 1.29 is 14.6 Å². The average molecular weight is 218 g/mol. The summed E-state index contributed by atoms with van der Waals surface area (Å²) in [5, 5.41) is 8.85. The van der Waals surface area contributed by atoms with Gasteiger partial charge in [-0.15, -0.1) is 0 Å². The third-order valence-electron chi connectivity index (χ3n) is 2.37. The standard InChI is InChI=1S/C10H22N2O3/c1-3-9(8-11)10(14)12(4-6-13)5-7-15-2/h9,13H,3-8,11H2,1-2H3. The Morgan fingerprint density at radius 3 is 2.60 bits per heavy atom. The number of aliphatic hydroxyl groups is 1. The Hall–Kier alpha value is -0.650. The highest BCUT2D eigenvalue weighted by Crippen LogP contribution is 2.06. The lowest BCUT2D eigenvalue weighted by Gasteiger charge is -2.25. The zero-order valence-corrected chi connectivity index (χ0v) is 9.61. The van der Waals surface area contributed by atoms with E-state index in [1.54, 1.807) is 12.0 Å². The summed E-state index contributed by atoms with van der Waals surface area (Å²) in [5.41, 5.74) is 5.51. The van der Waals surface area contributed by atoms with Crippen LogP contribution in [-0.2, 0) is 9.53 Å². The summed E-state index contributed by atoms with van der Waals surface area (Å²) in [6, 6.07) is 0. The zero-order valence-electron chi connectivity index (χ0n) is 9.61. The van der Waals surface area contributed by atoms with Crippen LogP contribution in [0.2, 0.25) is 0 Å². The Labute approximate surface area is 91.2 Å². The van der Waals surface area contributed by atoms with Gasteiger partial charge in [-0.05, 0) is 6.42 Å². The molecule has 0 aromatic heterocycles. The van der Waals surface area contributed by atoms with Crippen molar-refractivity contribution in [3.05, 3.63) is 0 Å². The molecule has 0 aliphatic rings. The first-order valence-corrected chi connectivity index (χ1v) is 5.29. The molecule has 1 amide bonds. The smallest absolute Gasteiger partial charge is 0.227 e. The normalized spacial score (nSPS) is 12.5. The van der Waals surface area contributed by atoms with Crippen LogP contribution in [0.1, 0.15) is 13.3 Å². The molecule has 0 rings (SSSR count). The fraction of sp³-hybridized carbons (Fsp3) is 0.900. The number of nitrogens with two attached hydrogens (primary N) is 1. The number of ether oxygens (including phenoxy) is 1. The quantitative estimate of drug-likeness (QED) is 0.572. The van der Waals surface area contributed by atoms with E-state index in [1.807, 2.05) is 6.92 Å². The van der Waals surface area contributed by atoms with E-state index in [9.17, 15) is 4.79 Å². The molecular weight excluding hydrogens is 196 g/mol. The molecule has 3 N–H and O–H groups in total. The highest BCUT2D eigenvalue weighted by Gasteiger charge is 2.20. The van der Waals surface area contributed by atoms with E-state index in [2.05, 4.69) is 0 Å². The van der Waals surface area contributed by atoms with Crippen LogP contribution in [0.15, 0.2) is 0 Å². The molecule has 0 aromatic carbocycles. The Kier molecular flexibility index (Phi) is 8.27. The van der Waals surface area contributed by atoms with Crippen LogP contribution >= 0.6 is 0 Å². The van der Waals surface area contributed by atoms with Crippen molar-refractivity contribution in [3.8, 4) is 0 Å². The summed E-state index contributed by atoms with van der Waals surface area (Å²) in [6.07, 6.45) is 0.726. The second-order valence-corrected chi connectivity index (χ2v) is 3.38. The number of rotatable bonds is 8. The molecule has 90 valence electrons. The SMILES string of the molecule is CCC(CN)C(=O)N(CCO)CCOC. The summed E-state index contributed by atoms with van der Waals surface area (Å²) in [6.45, 7) is 3.58. The fourth-order valence-corrected chi connectivity index (χ4v) is 1.35. The van der Waals surface area contributed by atoms with E-state index < -0.39 is 0 Å². The van der Waals surface area contributed by atoms with Gasteiger partial charge < -0.3 is 20.5 Å². The van der Waals surface area contributed by atoms with Crippen LogP contribution in [0.25, 0.3) is 0 Å². The minimum Gasteiger partial charge on any atom is -0.395 e. The molecule has 0 aliphatic heterocycles. The van der Waals surface area contributed by atoms with Gasteiger partial charge in [0.1, 0.15) is 0 Å². The van der Waals surface area contributed by atoms with Crippen molar-refractivity contribution in [2.24, 2.45) is 11.7 Å². The van der Waals surface area contributed by atoms with E-state index in [0.717, 1.165) is 6.42 Å². The number of aliphatic hydroxyl groups excluding tert-OH is 1. The maximum absolute atomic E-state index is 11.9.